The quantitative estimate of drug-likeness (QED) is 0.440. The summed E-state index contributed by atoms with van der Waals surface area (Å²) in [4.78, 5) is 21.6. The lowest BCUT2D eigenvalue weighted by Crippen LogP contribution is -2.18. The van der Waals surface area contributed by atoms with Crippen molar-refractivity contribution in [3.8, 4) is 5.75 Å². The summed E-state index contributed by atoms with van der Waals surface area (Å²) < 4.78 is 0. The molecular formula is C12H11N5O4. The largest absolute Gasteiger partial charge is 0.502 e. The van der Waals surface area contributed by atoms with Gasteiger partial charge in [-0.2, -0.15) is 10.2 Å². The highest BCUT2D eigenvalue weighted by Crippen LogP contribution is 2.27. The topological polar surface area (TPSA) is 134 Å². The van der Waals surface area contributed by atoms with E-state index in [1.54, 1.807) is 6.92 Å². The molecule has 1 aromatic carbocycles. The van der Waals surface area contributed by atoms with E-state index in [1.807, 2.05) is 0 Å². The molecule has 1 amide bonds. The van der Waals surface area contributed by atoms with Crippen molar-refractivity contribution in [2.24, 2.45) is 5.10 Å². The minimum absolute atomic E-state index is 0.114. The summed E-state index contributed by atoms with van der Waals surface area (Å²) in [5, 5.41) is 30.3. The van der Waals surface area contributed by atoms with Gasteiger partial charge in [0, 0.05) is 17.3 Å². The van der Waals surface area contributed by atoms with E-state index < -0.39 is 22.3 Å². The highest BCUT2D eigenvalue weighted by molar-refractivity contribution is 5.93. The van der Waals surface area contributed by atoms with Crippen molar-refractivity contribution < 1.29 is 14.8 Å². The Hall–Kier alpha value is -3.23. The third-order valence-corrected chi connectivity index (χ3v) is 2.55. The number of hydrazone groups is 1. The summed E-state index contributed by atoms with van der Waals surface area (Å²) in [5.74, 6) is -1.06. The Kier molecular flexibility index (Phi) is 3.93. The lowest BCUT2D eigenvalue weighted by molar-refractivity contribution is -0.385. The van der Waals surface area contributed by atoms with Gasteiger partial charge in [0.05, 0.1) is 11.1 Å². The van der Waals surface area contributed by atoms with E-state index >= 15 is 0 Å². The maximum atomic E-state index is 11.6. The number of aromatic hydroxyl groups is 1. The number of H-pyrrole nitrogens is 1. The second-order valence-electron chi connectivity index (χ2n) is 4.11. The third kappa shape index (κ3) is 3.21. The van der Waals surface area contributed by atoms with E-state index in [4.69, 9.17) is 0 Å². The molecule has 1 heterocycles. The molecule has 21 heavy (non-hydrogen) atoms. The molecule has 3 N–H and O–H groups in total. The standard InChI is InChI=1S/C12H11N5O4/c1-7-5-9(15-14-7)12(19)16-13-6-8-3-2-4-10(11(8)18)17(20)21/h2-6,18H,1H3,(H,14,15)(H,16,19)/b13-6+. The van der Waals surface area contributed by atoms with E-state index in [0.717, 1.165) is 18.0 Å². The van der Waals surface area contributed by atoms with Gasteiger partial charge in [-0.05, 0) is 19.1 Å². The van der Waals surface area contributed by atoms with E-state index in [0.29, 0.717) is 0 Å². The second-order valence-corrected chi connectivity index (χ2v) is 4.11. The first-order valence-electron chi connectivity index (χ1n) is 5.81. The van der Waals surface area contributed by atoms with Gasteiger partial charge in [0.2, 0.25) is 5.75 Å². The number of hydrogen-bond acceptors (Lipinski definition) is 6. The molecule has 9 heteroatoms. The Morgan fingerprint density at radius 3 is 2.95 bits per heavy atom. The van der Waals surface area contributed by atoms with Gasteiger partial charge in [0.25, 0.3) is 5.91 Å². The van der Waals surface area contributed by atoms with Crippen molar-refractivity contribution in [1.82, 2.24) is 15.6 Å². The number of para-hydroxylation sites is 1. The predicted octanol–water partition coefficient (Wildman–Crippen LogP) is 1.10. The molecule has 0 spiro atoms. The molecule has 0 saturated heterocycles. The van der Waals surface area contributed by atoms with E-state index in [1.165, 1.54) is 18.2 Å². The molecule has 0 saturated carbocycles. The lowest BCUT2D eigenvalue weighted by Gasteiger charge is -1.99. The Bertz CT molecular complexity index is 722. The highest BCUT2D eigenvalue weighted by Gasteiger charge is 2.15. The number of amides is 1. The molecule has 0 aliphatic carbocycles. The number of carbonyl (C=O) groups excluding carboxylic acids is 1. The van der Waals surface area contributed by atoms with Crippen LogP contribution in [0.4, 0.5) is 5.69 Å². The number of benzene rings is 1. The van der Waals surface area contributed by atoms with Crippen LogP contribution in [0.3, 0.4) is 0 Å². The number of aromatic nitrogens is 2. The SMILES string of the molecule is Cc1cc(C(=O)N/N=C/c2cccc([N+](=O)[O-])c2O)n[nH]1. The number of nitrogens with zero attached hydrogens (tertiary/aromatic N) is 3. The predicted molar refractivity (Wildman–Crippen MR) is 73.1 cm³/mol. The number of nitro groups is 1. The van der Waals surface area contributed by atoms with Gasteiger partial charge in [0.15, 0.2) is 5.69 Å². The molecule has 2 aromatic rings. The Balaban J connectivity index is 2.10. The van der Waals surface area contributed by atoms with Crippen molar-refractivity contribution >= 4 is 17.8 Å². The van der Waals surface area contributed by atoms with Crippen molar-refractivity contribution in [2.45, 2.75) is 6.92 Å². The zero-order chi connectivity index (χ0) is 15.4. The summed E-state index contributed by atoms with van der Waals surface area (Å²) in [6.07, 6.45) is 1.11. The summed E-state index contributed by atoms with van der Waals surface area (Å²) in [7, 11) is 0. The molecule has 0 atom stereocenters. The Morgan fingerprint density at radius 1 is 1.57 bits per heavy atom. The van der Waals surface area contributed by atoms with Gasteiger partial charge in [-0.1, -0.05) is 6.07 Å². The number of carbonyl (C=O) groups is 1. The number of rotatable bonds is 4. The minimum Gasteiger partial charge on any atom is -0.502 e. The van der Waals surface area contributed by atoms with Crippen LogP contribution in [0.1, 0.15) is 21.7 Å². The fraction of sp³-hybridized carbons (Fsp3) is 0.0833. The molecule has 9 nitrogen and oxygen atoms in total. The third-order valence-electron chi connectivity index (χ3n) is 2.55. The minimum atomic E-state index is -0.711. The molecule has 0 fully saturated rings. The molecular weight excluding hydrogens is 278 g/mol. The highest BCUT2D eigenvalue weighted by atomic mass is 16.6. The molecule has 0 aliphatic rings. The number of nitrogens with one attached hydrogen (secondary N) is 2. The first-order chi connectivity index (χ1) is 9.99. The van der Waals surface area contributed by atoms with Crippen LogP contribution < -0.4 is 5.43 Å². The lowest BCUT2D eigenvalue weighted by atomic mass is 10.2. The molecule has 108 valence electrons. The maximum absolute atomic E-state index is 11.6. The van der Waals surface area contributed by atoms with Gasteiger partial charge < -0.3 is 5.11 Å². The van der Waals surface area contributed by atoms with E-state index in [-0.39, 0.29) is 11.3 Å². The van der Waals surface area contributed by atoms with Crippen molar-refractivity contribution in [1.29, 1.82) is 0 Å². The molecule has 2 rings (SSSR count). The van der Waals surface area contributed by atoms with E-state index in [9.17, 15) is 20.0 Å². The van der Waals surface area contributed by atoms with Gasteiger partial charge in [0.1, 0.15) is 0 Å². The Labute approximate surface area is 118 Å². The monoisotopic (exact) mass is 289 g/mol. The van der Waals surface area contributed by atoms with Crippen LogP contribution in [0.25, 0.3) is 0 Å². The van der Waals surface area contributed by atoms with E-state index in [2.05, 4.69) is 20.7 Å². The van der Waals surface area contributed by atoms with Crippen LogP contribution in [-0.4, -0.2) is 32.3 Å². The molecule has 0 aliphatic heterocycles. The normalized spacial score (nSPS) is 10.7. The van der Waals surface area contributed by atoms with Gasteiger partial charge in [-0.15, -0.1) is 0 Å². The molecule has 0 radical (unpaired) electrons. The number of hydrogen-bond donors (Lipinski definition) is 3. The van der Waals surface area contributed by atoms with Crippen LogP contribution in [0.5, 0.6) is 5.75 Å². The Morgan fingerprint density at radius 2 is 2.33 bits per heavy atom. The fourth-order valence-corrected chi connectivity index (χ4v) is 1.55. The van der Waals surface area contributed by atoms with Crippen molar-refractivity contribution in [2.75, 3.05) is 0 Å². The second kappa shape index (κ2) is 5.82. The van der Waals surface area contributed by atoms with Crippen molar-refractivity contribution in [3.05, 3.63) is 51.3 Å². The summed E-state index contributed by atoms with van der Waals surface area (Å²) in [6, 6.07) is 5.53. The number of aryl methyl sites for hydroxylation is 1. The molecule has 0 unspecified atom stereocenters. The average molecular weight is 289 g/mol. The number of phenols is 1. The van der Waals surface area contributed by atoms with Crippen LogP contribution in [0.15, 0.2) is 29.4 Å². The van der Waals surface area contributed by atoms with Gasteiger partial charge in [-0.25, -0.2) is 5.43 Å². The number of phenolic OH excluding ortho intramolecular Hbond substituents is 1. The summed E-state index contributed by atoms with van der Waals surface area (Å²) in [5.41, 5.74) is 2.76. The number of aromatic amines is 1. The van der Waals surface area contributed by atoms with Crippen LogP contribution >= 0.6 is 0 Å². The average Bonchev–Trinajstić information content (AvgIpc) is 2.87. The van der Waals surface area contributed by atoms with Crippen LogP contribution in [-0.2, 0) is 0 Å². The zero-order valence-corrected chi connectivity index (χ0v) is 10.9. The maximum Gasteiger partial charge on any atom is 0.311 e. The zero-order valence-electron chi connectivity index (χ0n) is 10.9. The summed E-state index contributed by atoms with van der Waals surface area (Å²) >= 11 is 0. The molecule has 1 aromatic heterocycles. The summed E-state index contributed by atoms with van der Waals surface area (Å²) in [6.45, 7) is 1.74. The molecule has 0 bridgehead atoms. The smallest absolute Gasteiger partial charge is 0.311 e. The van der Waals surface area contributed by atoms with Crippen LogP contribution in [0, 0.1) is 17.0 Å². The first kappa shape index (κ1) is 14.2. The van der Waals surface area contributed by atoms with Gasteiger partial charge >= 0.3 is 5.69 Å². The number of nitro benzene ring substituents is 1. The van der Waals surface area contributed by atoms with Gasteiger partial charge in [-0.3, -0.25) is 20.0 Å². The first-order valence-corrected chi connectivity index (χ1v) is 5.81. The van der Waals surface area contributed by atoms with Crippen molar-refractivity contribution in [3.63, 3.8) is 0 Å². The fourth-order valence-electron chi connectivity index (χ4n) is 1.55. The van der Waals surface area contributed by atoms with Crippen LogP contribution in [0.2, 0.25) is 0 Å².